The number of fused-ring (bicyclic) bond motifs is 1. The standard InChI is InChI=1S/C22H21N3O3/c1-22(2,17-6-4-3-5-7-17)25-21-23-13-16(14-24-21)20(26)15-8-9-18-19(12-15)28-11-10-27-18/h3-9,12-14H,10-11H2,1-2H3,(H,23,24,25). The predicted molar refractivity (Wildman–Crippen MR) is 106 cm³/mol. The number of hydrogen-bond donors (Lipinski definition) is 1. The highest BCUT2D eigenvalue weighted by molar-refractivity contribution is 6.09. The van der Waals surface area contributed by atoms with Crippen LogP contribution in [0.4, 0.5) is 5.95 Å². The molecule has 6 heteroatoms. The van der Waals surface area contributed by atoms with E-state index in [2.05, 4.69) is 29.1 Å². The van der Waals surface area contributed by atoms with E-state index in [1.807, 2.05) is 30.3 Å². The van der Waals surface area contributed by atoms with Gasteiger partial charge in [-0.05, 0) is 37.6 Å². The molecule has 1 aromatic heterocycles. The van der Waals surface area contributed by atoms with E-state index in [4.69, 9.17) is 9.47 Å². The van der Waals surface area contributed by atoms with E-state index >= 15 is 0 Å². The molecule has 2 aromatic carbocycles. The summed E-state index contributed by atoms with van der Waals surface area (Å²) in [4.78, 5) is 21.4. The number of rotatable bonds is 5. The van der Waals surface area contributed by atoms with Crippen molar-refractivity contribution >= 4 is 11.7 Å². The molecule has 2 heterocycles. The Morgan fingerprint density at radius 1 is 0.929 bits per heavy atom. The maximum atomic E-state index is 12.8. The molecule has 4 rings (SSSR count). The number of carbonyl (C=O) groups is 1. The van der Waals surface area contributed by atoms with Crippen molar-refractivity contribution in [3.63, 3.8) is 0 Å². The summed E-state index contributed by atoms with van der Waals surface area (Å²) in [5.41, 5.74) is 1.70. The lowest BCUT2D eigenvalue weighted by molar-refractivity contribution is 0.103. The molecule has 0 fully saturated rings. The molecule has 0 saturated carbocycles. The molecule has 0 aliphatic carbocycles. The molecule has 0 amide bonds. The van der Waals surface area contributed by atoms with Crippen LogP contribution < -0.4 is 14.8 Å². The summed E-state index contributed by atoms with van der Waals surface area (Å²) in [7, 11) is 0. The maximum absolute atomic E-state index is 12.8. The average molecular weight is 375 g/mol. The Morgan fingerprint density at radius 3 is 2.32 bits per heavy atom. The molecule has 1 aliphatic rings. The van der Waals surface area contributed by atoms with Crippen LogP contribution in [-0.2, 0) is 5.54 Å². The van der Waals surface area contributed by atoms with Crippen LogP contribution in [0.5, 0.6) is 11.5 Å². The number of benzene rings is 2. The van der Waals surface area contributed by atoms with Crippen LogP contribution in [0.15, 0.2) is 60.9 Å². The predicted octanol–water partition coefficient (Wildman–Crippen LogP) is 3.83. The molecule has 3 aromatic rings. The van der Waals surface area contributed by atoms with Gasteiger partial charge in [0.1, 0.15) is 13.2 Å². The van der Waals surface area contributed by atoms with Crippen LogP contribution >= 0.6 is 0 Å². The third-order valence-corrected chi connectivity index (χ3v) is 4.64. The summed E-state index contributed by atoms with van der Waals surface area (Å²) in [6.45, 7) is 5.10. The van der Waals surface area contributed by atoms with Gasteiger partial charge in [0.05, 0.1) is 11.1 Å². The number of nitrogens with one attached hydrogen (secondary N) is 1. The quantitative estimate of drug-likeness (QED) is 0.684. The monoisotopic (exact) mass is 375 g/mol. The average Bonchev–Trinajstić information content (AvgIpc) is 2.74. The van der Waals surface area contributed by atoms with Gasteiger partial charge in [-0.2, -0.15) is 0 Å². The van der Waals surface area contributed by atoms with Gasteiger partial charge in [0.2, 0.25) is 5.95 Å². The fourth-order valence-electron chi connectivity index (χ4n) is 3.07. The van der Waals surface area contributed by atoms with Crippen molar-refractivity contribution in [1.82, 2.24) is 9.97 Å². The molecular formula is C22H21N3O3. The lowest BCUT2D eigenvalue weighted by Crippen LogP contribution is -2.29. The normalized spacial score (nSPS) is 13.1. The van der Waals surface area contributed by atoms with Crippen molar-refractivity contribution in [3.8, 4) is 11.5 Å². The Balaban J connectivity index is 1.51. The van der Waals surface area contributed by atoms with Gasteiger partial charge < -0.3 is 14.8 Å². The number of ether oxygens (including phenoxy) is 2. The molecule has 0 saturated heterocycles. The van der Waals surface area contributed by atoms with Gasteiger partial charge in [-0.25, -0.2) is 9.97 Å². The van der Waals surface area contributed by atoms with Crippen LogP contribution in [-0.4, -0.2) is 29.0 Å². The number of aromatic nitrogens is 2. The molecule has 0 radical (unpaired) electrons. The molecule has 142 valence electrons. The van der Waals surface area contributed by atoms with Gasteiger partial charge in [-0.1, -0.05) is 30.3 Å². The highest BCUT2D eigenvalue weighted by Gasteiger charge is 2.21. The Kier molecular flexibility index (Phi) is 4.69. The van der Waals surface area contributed by atoms with Crippen molar-refractivity contribution in [1.29, 1.82) is 0 Å². The fourth-order valence-corrected chi connectivity index (χ4v) is 3.07. The van der Waals surface area contributed by atoms with E-state index in [9.17, 15) is 4.79 Å². The van der Waals surface area contributed by atoms with Gasteiger partial charge in [0.15, 0.2) is 17.3 Å². The van der Waals surface area contributed by atoms with E-state index in [0.717, 1.165) is 5.56 Å². The van der Waals surface area contributed by atoms with Gasteiger partial charge in [0, 0.05) is 18.0 Å². The number of anilines is 1. The minimum Gasteiger partial charge on any atom is -0.486 e. The number of hydrogen-bond acceptors (Lipinski definition) is 6. The zero-order valence-electron chi connectivity index (χ0n) is 15.8. The largest absolute Gasteiger partial charge is 0.486 e. The number of nitrogens with zero attached hydrogens (tertiary/aromatic N) is 2. The first-order valence-corrected chi connectivity index (χ1v) is 9.13. The Hall–Kier alpha value is -3.41. The minimum atomic E-state index is -0.345. The van der Waals surface area contributed by atoms with E-state index in [-0.39, 0.29) is 11.3 Å². The Bertz CT molecular complexity index is 986. The third kappa shape index (κ3) is 3.67. The zero-order chi connectivity index (χ0) is 19.6. The molecule has 28 heavy (non-hydrogen) atoms. The molecule has 0 atom stereocenters. The third-order valence-electron chi connectivity index (χ3n) is 4.64. The number of carbonyl (C=O) groups excluding carboxylic acids is 1. The van der Waals surface area contributed by atoms with E-state index in [1.54, 1.807) is 18.2 Å². The second kappa shape index (κ2) is 7.31. The van der Waals surface area contributed by atoms with Crippen molar-refractivity contribution in [2.45, 2.75) is 19.4 Å². The van der Waals surface area contributed by atoms with Crippen LogP contribution in [0.25, 0.3) is 0 Å². The lowest BCUT2D eigenvalue weighted by atomic mass is 9.95. The smallest absolute Gasteiger partial charge is 0.223 e. The van der Waals surface area contributed by atoms with Gasteiger partial charge >= 0.3 is 0 Å². The van der Waals surface area contributed by atoms with Crippen LogP contribution in [0.1, 0.15) is 35.3 Å². The summed E-state index contributed by atoms with van der Waals surface area (Å²) in [6.07, 6.45) is 3.07. The van der Waals surface area contributed by atoms with Crippen molar-refractivity contribution in [2.24, 2.45) is 0 Å². The molecule has 0 spiro atoms. The van der Waals surface area contributed by atoms with E-state index in [1.165, 1.54) is 12.4 Å². The Morgan fingerprint density at radius 2 is 1.61 bits per heavy atom. The van der Waals surface area contributed by atoms with E-state index < -0.39 is 0 Å². The van der Waals surface area contributed by atoms with Gasteiger partial charge in [-0.15, -0.1) is 0 Å². The molecule has 1 aliphatic heterocycles. The molecular weight excluding hydrogens is 354 g/mol. The van der Waals surface area contributed by atoms with Crippen LogP contribution in [0.3, 0.4) is 0 Å². The highest BCUT2D eigenvalue weighted by atomic mass is 16.6. The first-order valence-electron chi connectivity index (χ1n) is 9.13. The Labute approximate surface area is 163 Å². The topological polar surface area (TPSA) is 73.3 Å². The van der Waals surface area contributed by atoms with Crippen LogP contribution in [0, 0.1) is 0 Å². The summed E-state index contributed by atoms with van der Waals surface area (Å²) in [5, 5.41) is 3.31. The zero-order valence-corrected chi connectivity index (χ0v) is 15.8. The summed E-state index contributed by atoms with van der Waals surface area (Å²) >= 11 is 0. The SMILES string of the molecule is CC(C)(Nc1ncc(C(=O)c2ccc3c(c2)OCCO3)cn1)c1ccccc1. The second-order valence-corrected chi connectivity index (χ2v) is 7.10. The maximum Gasteiger partial charge on any atom is 0.223 e. The van der Waals surface area contributed by atoms with Crippen LogP contribution in [0.2, 0.25) is 0 Å². The molecule has 1 N–H and O–H groups in total. The summed E-state index contributed by atoms with van der Waals surface area (Å²) in [5.74, 6) is 1.54. The first-order chi connectivity index (χ1) is 13.5. The van der Waals surface area contributed by atoms with E-state index in [0.29, 0.717) is 41.8 Å². The summed E-state index contributed by atoms with van der Waals surface area (Å²) < 4.78 is 11.0. The van der Waals surface area contributed by atoms with Crippen molar-refractivity contribution < 1.29 is 14.3 Å². The molecule has 0 bridgehead atoms. The highest BCUT2D eigenvalue weighted by Crippen LogP contribution is 2.31. The fraction of sp³-hybridized carbons (Fsp3) is 0.227. The minimum absolute atomic E-state index is 0.161. The second-order valence-electron chi connectivity index (χ2n) is 7.10. The number of ketones is 1. The van der Waals surface area contributed by atoms with Gasteiger partial charge in [0.25, 0.3) is 0 Å². The first kappa shape index (κ1) is 18.0. The van der Waals surface area contributed by atoms with Gasteiger partial charge in [-0.3, -0.25) is 4.79 Å². The summed E-state index contributed by atoms with van der Waals surface area (Å²) in [6, 6.07) is 15.2. The lowest BCUT2D eigenvalue weighted by Gasteiger charge is -2.26. The molecule has 6 nitrogen and oxygen atoms in total. The van der Waals surface area contributed by atoms with Crippen molar-refractivity contribution in [2.75, 3.05) is 18.5 Å². The van der Waals surface area contributed by atoms with Crippen molar-refractivity contribution in [3.05, 3.63) is 77.6 Å². The molecule has 0 unspecified atom stereocenters.